The van der Waals surface area contributed by atoms with Crippen LogP contribution in [0.5, 0.6) is 0 Å². The Kier molecular flexibility index (Phi) is 4.25. The van der Waals surface area contributed by atoms with Crippen LogP contribution in [0.4, 0.5) is 0 Å². The normalized spacial score (nSPS) is 25.4. The maximum absolute atomic E-state index is 11.8. The van der Waals surface area contributed by atoms with Gasteiger partial charge in [0, 0.05) is 6.04 Å². The standard InChI is InChI=1S/C16H23NO2/c1-3-10-16(15(18)19)11-7-12-17(16)13(2)14-8-5-4-6-9-14/h4-6,8-9,13H,3,7,10-12H2,1-2H3,(H,18,19). The Balaban J connectivity index is 2.29. The van der Waals surface area contributed by atoms with Crippen LogP contribution in [0.1, 0.15) is 51.1 Å². The summed E-state index contributed by atoms with van der Waals surface area (Å²) < 4.78 is 0. The van der Waals surface area contributed by atoms with Crippen molar-refractivity contribution in [2.45, 2.75) is 51.1 Å². The number of likely N-dealkylation sites (tertiary alicyclic amines) is 1. The molecule has 0 bridgehead atoms. The molecule has 2 rings (SSSR count). The van der Waals surface area contributed by atoms with Gasteiger partial charge in [0.2, 0.25) is 0 Å². The van der Waals surface area contributed by atoms with Gasteiger partial charge in [-0.05, 0) is 38.3 Å². The van der Waals surface area contributed by atoms with E-state index in [1.54, 1.807) is 0 Å². The van der Waals surface area contributed by atoms with E-state index < -0.39 is 11.5 Å². The van der Waals surface area contributed by atoms with Crippen molar-refractivity contribution >= 4 is 5.97 Å². The number of hydrogen-bond acceptors (Lipinski definition) is 2. The van der Waals surface area contributed by atoms with Crippen molar-refractivity contribution in [1.82, 2.24) is 4.90 Å². The van der Waals surface area contributed by atoms with E-state index in [1.807, 2.05) is 18.2 Å². The number of carboxylic acids is 1. The molecular weight excluding hydrogens is 238 g/mol. The number of benzene rings is 1. The van der Waals surface area contributed by atoms with E-state index in [0.29, 0.717) is 0 Å². The van der Waals surface area contributed by atoms with E-state index in [2.05, 4.69) is 30.9 Å². The van der Waals surface area contributed by atoms with E-state index >= 15 is 0 Å². The zero-order chi connectivity index (χ0) is 13.9. The van der Waals surface area contributed by atoms with Crippen LogP contribution in [0, 0.1) is 0 Å². The second kappa shape index (κ2) is 5.74. The third kappa shape index (κ3) is 2.52. The van der Waals surface area contributed by atoms with E-state index in [4.69, 9.17) is 0 Å². The van der Waals surface area contributed by atoms with Crippen LogP contribution >= 0.6 is 0 Å². The first kappa shape index (κ1) is 14.1. The number of nitrogens with zero attached hydrogens (tertiary/aromatic N) is 1. The van der Waals surface area contributed by atoms with Gasteiger partial charge in [0.1, 0.15) is 5.54 Å². The van der Waals surface area contributed by atoms with Crippen LogP contribution in [-0.2, 0) is 4.79 Å². The number of carbonyl (C=O) groups is 1. The second-order valence-electron chi connectivity index (χ2n) is 5.47. The number of aliphatic carboxylic acids is 1. The largest absolute Gasteiger partial charge is 0.480 e. The topological polar surface area (TPSA) is 40.5 Å². The molecule has 1 saturated heterocycles. The predicted molar refractivity (Wildman–Crippen MR) is 76.1 cm³/mol. The Morgan fingerprint density at radius 3 is 2.68 bits per heavy atom. The lowest BCUT2D eigenvalue weighted by Gasteiger charge is -2.39. The molecule has 0 saturated carbocycles. The summed E-state index contributed by atoms with van der Waals surface area (Å²) in [7, 11) is 0. The fraction of sp³-hybridized carbons (Fsp3) is 0.562. The molecule has 1 N–H and O–H groups in total. The fourth-order valence-corrected chi connectivity index (χ4v) is 3.39. The number of rotatable bonds is 5. The summed E-state index contributed by atoms with van der Waals surface area (Å²) in [6.45, 7) is 5.06. The molecule has 1 aliphatic rings. The van der Waals surface area contributed by atoms with Crippen LogP contribution in [0.2, 0.25) is 0 Å². The smallest absolute Gasteiger partial charge is 0.324 e. The molecule has 0 radical (unpaired) electrons. The number of hydrogen-bond donors (Lipinski definition) is 1. The monoisotopic (exact) mass is 261 g/mol. The maximum atomic E-state index is 11.8. The molecule has 1 fully saturated rings. The average molecular weight is 261 g/mol. The van der Waals surface area contributed by atoms with Crippen molar-refractivity contribution in [2.75, 3.05) is 6.54 Å². The number of carboxylic acid groups (broad SMARTS) is 1. The zero-order valence-electron chi connectivity index (χ0n) is 11.8. The molecule has 1 aromatic rings. The van der Waals surface area contributed by atoms with Crippen LogP contribution < -0.4 is 0 Å². The second-order valence-corrected chi connectivity index (χ2v) is 5.47. The summed E-state index contributed by atoms with van der Waals surface area (Å²) in [6, 6.07) is 10.4. The Morgan fingerprint density at radius 1 is 1.42 bits per heavy atom. The van der Waals surface area contributed by atoms with E-state index in [0.717, 1.165) is 32.2 Å². The molecule has 1 aromatic carbocycles. The van der Waals surface area contributed by atoms with Crippen molar-refractivity contribution < 1.29 is 9.90 Å². The zero-order valence-corrected chi connectivity index (χ0v) is 11.8. The van der Waals surface area contributed by atoms with Crippen LogP contribution in [0.15, 0.2) is 30.3 Å². The highest BCUT2D eigenvalue weighted by molar-refractivity contribution is 5.79. The van der Waals surface area contributed by atoms with Gasteiger partial charge >= 0.3 is 5.97 Å². The van der Waals surface area contributed by atoms with Crippen molar-refractivity contribution in [1.29, 1.82) is 0 Å². The molecule has 104 valence electrons. The first-order chi connectivity index (χ1) is 9.12. The molecule has 2 unspecified atom stereocenters. The first-order valence-corrected chi connectivity index (χ1v) is 7.17. The Morgan fingerprint density at radius 2 is 2.11 bits per heavy atom. The van der Waals surface area contributed by atoms with Crippen LogP contribution in [0.25, 0.3) is 0 Å². The lowest BCUT2D eigenvalue weighted by molar-refractivity contribution is -0.151. The molecule has 19 heavy (non-hydrogen) atoms. The molecule has 3 heteroatoms. The molecule has 2 atom stereocenters. The summed E-state index contributed by atoms with van der Waals surface area (Å²) in [5.74, 6) is -0.658. The highest BCUT2D eigenvalue weighted by Gasteiger charge is 2.48. The molecule has 0 amide bonds. The lowest BCUT2D eigenvalue weighted by atomic mass is 9.89. The molecule has 0 aromatic heterocycles. The van der Waals surface area contributed by atoms with Crippen molar-refractivity contribution in [3.63, 3.8) is 0 Å². The van der Waals surface area contributed by atoms with Crippen molar-refractivity contribution in [3.8, 4) is 0 Å². The Labute approximate surface area is 115 Å². The molecule has 0 aliphatic carbocycles. The van der Waals surface area contributed by atoms with E-state index in [1.165, 1.54) is 5.56 Å². The minimum Gasteiger partial charge on any atom is -0.480 e. The van der Waals surface area contributed by atoms with Gasteiger partial charge in [0.05, 0.1) is 0 Å². The third-order valence-electron chi connectivity index (χ3n) is 4.35. The van der Waals surface area contributed by atoms with Gasteiger partial charge in [0.25, 0.3) is 0 Å². The van der Waals surface area contributed by atoms with Crippen LogP contribution in [-0.4, -0.2) is 28.1 Å². The highest BCUT2D eigenvalue weighted by Crippen LogP contribution is 2.40. The van der Waals surface area contributed by atoms with Crippen LogP contribution in [0.3, 0.4) is 0 Å². The molecule has 3 nitrogen and oxygen atoms in total. The molecule has 0 spiro atoms. The first-order valence-electron chi connectivity index (χ1n) is 7.17. The Bertz CT molecular complexity index is 432. The predicted octanol–water partition coefficient (Wildman–Crippen LogP) is 3.47. The lowest BCUT2D eigenvalue weighted by Crippen LogP contribution is -2.51. The van der Waals surface area contributed by atoms with Gasteiger partial charge in [-0.15, -0.1) is 0 Å². The van der Waals surface area contributed by atoms with Gasteiger partial charge in [-0.2, -0.15) is 0 Å². The van der Waals surface area contributed by atoms with E-state index in [9.17, 15) is 9.90 Å². The van der Waals surface area contributed by atoms with Gasteiger partial charge < -0.3 is 5.11 Å². The maximum Gasteiger partial charge on any atom is 0.324 e. The minimum absolute atomic E-state index is 0.159. The minimum atomic E-state index is -0.663. The molecule has 1 heterocycles. The third-order valence-corrected chi connectivity index (χ3v) is 4.35. The van der Waals surface area contributed by atoms with Gasteiger partial charge in [-0.25, -0.2) is 0 Å². The fourth-order valence-electron chi connectivity index (χ4n) is 3.39. The average Bonchev–Trinajstić information content (AvgIpc) is 2.84. The summed E-state index contributed by atoms with van der Waals surface area (Å²) >= 11 is 0. The Hall–Kier alpha value is -1.35. The highest BCUT2D eigenvalue weighted by atomic mass is 16.4. The molecule has 1 aliphatic heterocycles. The van der Waals surface area contributed by atoms with Crippen molar-refractivity contribution in [3.05, 3.63) is 35.9 Å². The summed E-state index contributed by atoms with van der Waals surface area (Å²) in [6.07, 6.45) is 3.39. The SMILES string of the molecule is CCCC1(C(=O)O)CCCN1C(C)c1ccccc1. The summed E-state index contributed by atoms with van der Waals surface area (Å²) in [5.41, 5.74) is 0.537. The summed E-state index contributed by atoms with van der Waals surface area (Å²) in [4.78, 5) is 14.0. The van der Waals surface area contributed by atoms with Crippen molar-refractivity contribution in [2.24, 2.45) is 0 Å². The van der Waals surface area contributed by atoms with Gasteiger partial charge in [0.15, 0.2) is 0 Å². The molecular formula is C16H23NO2. The van der Waals surface area contributed by atoms with E-state index in [-0.39, 0.29) is 6.04 Å². The van der Waals surface area contributed by atoms with Gasteiger partial charge in [-0.1, -0.05) is 43.7 Å². The van der Waals surface area contributed by atoms with Gasteiger partial charge in [-0.3, -0.25) is 9.69 Å². The quantitative estimate of drug-likeness (QED) is 0.882. The summed E-state index contributed by atoms with van der Waals surface area (Å²) in [5, 5.41) is 9.72.